The zero-order chi connectivity index (χ0) is 18.7. The van der Waals surface area contributed by atoms with Gasteiger partial charge in [-0.2, -0.15) is 0 Å². The summed E-state index contributed by atoms with van der Waals surface area (Å²) in [5.41, 5.74) is 2.63. The second kappa shape index (κ2) is 7.66. The number of carbonyl (C=O) groups is 1. The van der Waals surface area contributed by atoms with Crippen molar-refractivity contribution in [3.05, 3.63) is 77.2 Å². The second-order valence-corrected chi connectivity index (χ2v) is 6.20. The lowest BCUT2D eigenvalue weighted by atomic mass is 9.93. The quantitative estimate of drug-likeness (QED) is 0.648. The highest BCUT2D eigenvalue weighted by molar-refractivity contribution is 7.80. The van der Waals surface area contributed by atoms with Crippen LogP contribution in [0.3, 0.4) is 0 Å². The minimum Gasteiger partial charge on any atom is -0.466 e. The Hall–Kier alpha value is -2.73. The highest BCUT2D eigenvalue weighted by atomic mass is 32.1. The van der Waals surface area contributed by atoms with Gasteiger partial charge in [-0.1, -0.05) is 37.3 Å². The number of benzene rings is 2. The van der Waals surface area contributed by atoms with Gasteiger partial charge in [0.1, 0.15) is 5.82 Å². The topological polar surface area (TPSA) is 41.6 Å². The first-order chi connectivity index (χ1) is 12.6. The molecule has 0 amide bonds. The van der Waals surface area contributed by atoms with Crippen molar-refractivity contribution in [2.75, 3.05) is 12.0 Å². The van der Waals surface area contributed by atoms with E-state index in [0.29, 0.717) is 22.7 Å². The van der Waals surface area contributed by atoms with Gasteiger partial charge in [-0.25, -0.2) is 9.18 Å². The molecule has 0 saturated carbocycles. The van der Waals surface area contributed by atoms with E-state index >= 15 is 0 Å². The first-order valence-electron chi connectivity index (χ1n) is 8.29. The predicted molar refractivity (Wildman–Crippen MR) is 103 cm³/mol. The molecule has 0 bridgehead atoms. The van der Waals surface area contributed by atoms with Crippen molar-refractivity contribution in [2.45, 2.75) is 19.4 Å². The maximum absolute atomic E-state index is 13.7. The van der Waals surface area contributed by atoms with Crippen LogP contribution in [0, 0.1) is 5.82 Å². The lowest BCUT2D eigenvalue weighted by molar-refractivity contribution is -0.136. The normalized spacial score (nSPS) is 17.1. The van der Waals surface area contributed by atoms with Gasteiger partial charge in [0.2, 0.25) is 0 Å². The smallest absolute Gasteiger partial charge is 0.337 e. The van der Waals surface area contributed by atoms with Crippen molar-refractivity contribution in [1.82, 2.24) is 5.32 Å². The predicted octanol–water partition coefficient (Wildman–Crippen LogP) is 4.10. The van der Waals surface area contributed by atoms with Crippen LogP contribution in [-0.2, 0) is 9.53 Å². The minimum atomic E-state index is -0.569. The fraction of sp³-hybridized carbons (Fsp3) is 0.200. The van der Waals surface area contributed by atoms with Crippen LogP contribution < -0.4 is 10.2 Å². The highest BCUT2D eigenvalue weighted by Gasteiger charge is 2.36. The molecule has 2 aromatic rings. The molecule has 0 aliphatic carbocycles. The summed E-state index contributed by atoms with van der Waals surface area (Å²) < 4.78 is 18.8. The number of para-hydroxylation sites is 1. The molecule has 0 aromatic heterocycles. The van der Waals surface area contributed by atoms with Crippen LogP contribution in [0.1, 0.15) is 24.9 Å². The summed E-state index contributed by atoms with van der Waals surface area (Å²) in [6.07, 6.45) is 0.562. The number of allylic oxidation sites excluding steroid dienone is 1. The van der Waals surface area contributed by atoms with Gasteiger partial charge in [0.25, 0.3) is 0 Å². The Morgan fingerprint density at radius 1 is 1.23 bits per heavy atom. The van der Waals surface area contributed by atoms with Crippen LogP contribution in [-0.4, -0.2) is 18.2 Å². The minimum absolute atomic E-state index is 0.372. The fourth-order valence-corrected chi connectivity index (χ4v) is 3.48. The van der Waals surface area contributed by atoms with Gasteiger partial charge in [-0.05, 0) is 48.5 Å². The third-order valence-electron chi connectivity index (χ3n) is 4.28. The standard InChI is InChI=1S/C20H19FN2O2S/c1-3-16-17(19(24)25-2)18(13-8-7-9-14(21)12-13)22-20(26)23(16)15-10-5-4-6-11-15/h4-12,18H,3H2,1-2H3,(H,22,26)/t18-/m0/s1. The lowest BCUT2D eigenvalue weighted by Crippen LogP contribution is -2.48. The Kier molecular flexibility index (Phi) is 5.32. The zero-order valence-electron chi connectivity index (χ0n) is 14.5. The van der Waals surface area contributed by atoms with E-state index in [-0.39, 0.29) is 5.82 Å². The van der Waals surface area contributed by atoms with Crippen molar-refractivity contribution in [2.24, 2.45) is 0 Å². The Labute approximate surface area is 157 Å². The number of carbonyl (C=O) groups excluding carboxylic acids is 1. The molecular formula is C20H19FN2O2S. The Balaban J connectivity index is 2.19. The Morgan fingerprint density at radius 3 is 2.58 bits per heavy atom. The Bertz CT molecular complexity index is 867. The van der Waals surface area contributed by atoms with Crippen LogP contribution in [0.5, 0.6) is 0 Å². The largest absolute Gasteiger partial charge is 0.466 e. The molecule has 26 heavy (non-hydrogen) atoms. The number of halogens is 1. The summed E-state index contributed by atoms with van der Waals surface area (Å²) in [6, 6.07) is 15.1. The third-order valence-corrected chi connectivity index (χ3v) is 4.58. The average molecular weight is 370 g/mol. The number of hydrogen-bond acceptors (Lipinski definition) is 3. The molecule has 134 valence electrons. The molecule has 1 N–H and O–H groups in total. The van der Waals surface area contributed by atoms with E-state index in [1.807, 2.05) is 42.2 Å². The van der Waals surface area contributed by atoms with Crippen LogP contribution in [0.25, 0.3) is 0 Å². The van der Waals surface area contributed by atoms with E-state index < -0.39 is 12.0 Å². The van der Waals surface area contributed by atoms with Crippen LogP contribution in [0.2, 0.25) is 0 Å². The van der Waals surface area contributed by atoms with E-state index in [2.05, 4.69) is 5.32 Å². The fourth-order valence-electron chi connectivity index (χ4n) is 3.15. The van der Waals surface area contributed by atoms with Crippen molar-refractivity contribution >= 4 is 29.0 Å². The molecule has 6 heteroatoms. The summed E-state index contributed by atoms with van der Waals surface area (Å²) >= 11 is 5.57. The Morgan fingerprint density at radius 2 is 1.96 bits per heavy atom. The van der Waals surface area contributed by atoms with Crippen molar-refractivity contribution in [3.63, 3.8) is 0 Å². The molecule has 2 aromatic carbocycles. The molecule has 1 heterocycles. The van der Waals surface area contributed by atoms with E-state index in [0.717, 1.165) is 11.4 Å². The molecule has 0 saturated heterocycles. The number of ether oxygens (including phenoxy) is 1. The summed E-state index contributed by atoms with van der Waals surface area (Å²) in [6.45, 7) is 1.95. The van der Waals surface area contributed by atoms with Crippen LogP contribution in [0.4, 0.5) is 10.1 Å². The van der Waals surface area contributed by atoms with Gasteiger partial charge >= 0.3 is 5.97 Å². The van der Waals surface area contributed by atoms with Crippen LogP contribution in [0.15, 0.2) is 65.9 Å². The number of thiocarbonyl (C=S) groups is 1. The maximum atomic E-state index is 13.7. The van der Waals surface area contributed by atoms with E-state index in [4.69, 9.17) is 17.0 Å². The van der Waals surface area contributed by atoms with Gasteiger partial charge in [-0.3, -0.25) is 4.90 Å². The first kappa shape index (κ1) is 18.1. The number of nitrogens with one attached hydrogen (secondary N) is 1. The van der Waals surface area contributed by atoms with Crippen molar-refractivity contribution < 1.29 is 13.9 Å². The molecular weight excluding hydrogens is 351 g/mol. The number of rotatable bonds is 4. The highest BCUT2D eigenvalue weighted by Crippen LogP contribution is 2.35. The van der Waals surface area contributed by atoms with Gasteiger partial charge in [-0.15, -0.1) is 0 Å². The second-order valence-electron chi connectivity index (χ2n) is 5.81. The van der Waals surface area contributed by atoms with Gasteiger partial charge in [0, 0.05) is 11.4 Å². The summed E-state index contributed by atoms with van der Waals surface area (Å²) in [7, 11) is 1.34. The monoisotopic (exact) mass is 370 g/mol. The molecule has 1 aliphatic heterocycles. The molecule has 1 atom stereocenters. The SMILES string of the molecule is CCC1=C(C(=O)OC)[C@H](c2cccc(F)c2)NC(=S)N1c1ccccc1. The summed E-state index contributed by atoms with van der Waals surface area (Å²) in [4.78, 5) is 14.4. The number of hydrogen-bond donors (Lipinski definition) is 1. The number of nitrogens with zero attached hydrogens (tertiary/aromatic N) is 1. The molecule has 0 unspecified atom stereocenters. The molecule has 3 rings (SSSR count). The van der Waals surface area contributed by atoms with E-state index in [1.165, 1.54) is 19.2 Å². The molecule has 0 fully saturated rings. The molecule has 0 spiro atoms. The van der Waals surface area contributed by atoms with E-state index in [1.54, 1.807) is 12.1 Å². The number of methoxy groups -OCH3 is 1. The lowest BCUT2D eigenvalue weighted by Gasteiger charge is -2.38. The van der Waals surface area contributed by atoms with Crippen molar-refractivity contribution in [3.8, 4) is 0 Å². The average Bonchev–Trinajstić information content (AvgIpc) is 2.67. The van der Waals surface area contributed by atoms with Gasteiger partial charge in [0.05, 0.1) is 18.7 Å². The molecule has 1 aliphatic rings. The zero-order valence-corrected chi connectivity index (χ0v) is 15.3. The van der Waals surface area contributed by atoms with Crippen LogP contribution >= 0.6 is 12.2 Å². The number of anilines is 1. The molecule has 0 radical (unpaired) electrons. The van der Waals surface area contributed by atoms with Gasteiger partial charge in [0.15, 0.2) is 5.11 Å². The van der Waals surface area contributed by atoms with Crippen molar-refractivity contribution in [1.29, 1.82) is 0 Å². The summed E-state index contributed by atoms with van der Waals surface area (Å²) in [5.74, 6) is -0.838. The van der Waals surface area contributed by atoms with Gasteiger partial charge < -0.3 is 10.1 Å². The first-order valence-corrected chi connectivity index (χ1v) is 8.70. The molecule has 4 nitrogen and oxygen atoms in total. The number of esters is 1. The third kappa shape index (κ3) is 3.32. The van der Waals surface area contributed by atoms with E-state index in [9.17, 15) is 9.18 Å². The summed E-state index contributed by atoms with van der Waals surface area (Å²) in [5, 5.41) is 3.62. The maximum Gasteiger partial charge on any atom is 0.337 e.